The van der Waals surface area contributed by atoms with Crippen LogP contribution in [0.5, 0.6) is 0 Å². The van der Waals surface area contributed by atoms with Gasteiger partial charge in [-0.3, -0.25) is 15.5 Å². The van der Waals surface area contributed by atoms with Gasteiger partial charge in [0.15, 0.2) is 0 Å². The number of carboxylic acids is 1. The van der Waals surface area contributed by atoms with Crippen LogP contribution in [0.15, 0.2) is 52.9 Å². The van der Waals surface area contributed by atoms with Gasteiger partial charge in [-0.15, -0.1) is 11.3 Å². The number of morpholine rings is 1. The average molecular weight is 477 g/mol. The quantitative estimate of drug-likeness (QED) is 0.219. The molecule has 2 N–H and O–H groups in total. The third-order valence-corrected chi connectivity index (χ3v) is 6.01. The molecule has 0 saturated carbocycles. The molecule has 1 aromatic heterocycles. The van der Waals surface area contributed by atoms with Crippen LogP contribution in [0.1, 0.15) is 5.56 Å². The Morgan fingerprint density at radius 2 is 2.06 bits per heavy atom. The van der Waals surface area contributed by atoms with Crippen molar-refractivity contribution >= 4 is 52.8 Å². The van der Waals surface area contributed by atoms with Gasteiger partial charge in [-0.05, 0) is 6.07 Å². The van der Waals surface area contributed by atoms with Crippen molar-refractivity contribution in [2.24, 2.45) is 5.10 Å². The van der Waals surface area contributed by atoms with Crippen LogP contribution in [0.2, 0.25) is 0 Å². The Kier molecular flexibility index (Phi) is 7.19. The first-order chi connectivity index (χ1) is 16.4. The Morgan fingerprint density at radius 1 is 1.29 bits per heavy atom. The number of nitrogens with zero attached hydrogens (tertiary/aromatic N) is 4. The fraction of sp³-hybridized carbons (Fsp3) is 0.227. The number of thiazole rings is 1. The van der Waals surface area contributed by atoms with E-state index in [4.69, 9.17) is 12.6 Å². The van der Waals surface area contributed by atoms with Crippen molar-refractivity contribution in [3.63, 3.8) is 0 Å². The van der Waals surface area contributed by atoms with Gasteiger partial charge in [-0.25, -0.2) is 9.78 Å². The summed E-state index contributed by atoms with van der Waals surface area (Å²) in [5.74, 6) is -1.28. The Labute approximate surface area is 200 Å². The van der Waals surface area contributed by atoms with Gasteiger partial charge in [0.2, 0.25) is 5.13 Å². The SMILES string of the molecule is [B]c1cc(-c2csc(N/N=C(/Cc3ccccc3[N+](=O)[O-])C(=O)O)n2)ccc1N1CCOCC1. The molecule has 34 heavy (non-hydrogen) atoms. The van der Waals surface area contributed by atoms with Crippen molar-refractivity contribution in [1.29, 1.82) is 0 Å². The van der Waals surface area contributed by atoms with E-state index < -0.39 is 10.9 Å². The van der Waals surface area contributed by atoms with Gasteiger partial charge >= 0.3 is 5.97 Å². The van der Waals surface area contributed by atoms with Gasteiger partial charge in [0.25, 0.3) is 5.69 Å². The number of anilines is 2. The van der Waals surface area contributed by atoms with Crippen LogP contribution < -0.4 is 15.8 Å². The maximum absolute atomic E-state index is 11.6. The lowest BCUT2D eigenvalue weighted by Gasteiger charge is -2.30. The summed E-state index contributed by atoms with van der Waals surface area (Å²) in [7, 11) is 6.28. The second-order valence-corrected chi connectivity index (χ2v) is 8.31. The van der Waals surface area contributed by atoms with E-state index in [1.165, 1.54) is 29.5 Å². The Hall–Kier alpha value is -3.77. The highest BCUT2D eigenvalue weighted by Crippen LogP contribution is 2.26. The number of hydrogen-bond donors (Lipinski definition) is 2. The number of hydrazone groups is 1. The Bertz CT molecular complexity index is 1240. The van der Waals surface area contributed by atoms with Crippen molar-refractivity contribution < 1.29 is 19.6 Å². The molecule has 0 unspecified atom stereocenters. The Morgan fingerprint density at radius 3 is 2.76 bits per heavy atom. The summed E-state index contributed by atoms with van der Waals surface area (Å²) in [6, 6.07) is 11.7. The summed E-state index contributed by atoms with van der Waals surface area (Å²) >= 11 is 1.25. The molecule has 2 radical (unpaired) electrons. The number of carboxylic acid groups (broad SMARTS) is 1. The van der Waals surface area contributed by atoms with Gasteiger partial charge in [-0.1, -0.05) is 35.8 Å². The molecule has 0 amide bonds. The number of benzene rings is 2. The lowest BCUT2D eigenvalue weighted by Crippen LogP contribution is -2.38. The van der Waals surface area contributed by atoms with Crippen LogP contribution in [0.4, 0.5) is 16.5 Å². The van der Waals surface area contributed by atoms with Crippen molar-refractivity contribution in [3.05, 3.63) is 63.5 Å². The highest BCUT2D eigenvalue weighted by atomic mass is 32.1. The topological polar surface area (TPSA) is 130 Å². The molecule has 0 atom stereocenters. The number of hydrogen-bond acceptors (Lipinski definition) is 9. The summed E-state index contributed by atoms with van der Waals surface area (Å²) in [4.78, 5) is 28.9. The zero-order chi connectivity index (χ0) is 24.1. The summed E-state index contributed by atoms with van der Waals surface area (Å²) < 4.78 is 5.39. The molecule has 3 aromatic rings. The van der Waals surface area contributed by atoms with E-state index in [-0.39, 0.29) is 23.4 Å². The zero-order valence-corrected chi connectivity index (χ0v) is 18.8. The molecule has 0 bridgehead atoms. The molecule has 4 rings (SSSR count). The number of aromatic nitrogens is 1. The van der Waals surface area contributed by atoms with Crippen molar-refractivity contribution in [3.8, 4) is 11.3 Å². The number of nitro groups is 1. The van der Waals surface area contributed by atoms with Crippen molar-refractivity contribution in [1.82, 2.24) is 4.98 Å². The van der Waals surface area contributed by atoms with E-state index in [9.17, 15) is 20.0 Å². The molecular formula is C22H20BN5O5S. The molecule has 0 aliphatic carbocycles. The van der Waals surface area contributed by atoms with E-state index in [0.29, 0.717) is 29.5 Å². The van der Waals surface area contributed by atoms with E-state index in [0.717, 1.165) is 24.3 Å². The van der Waals surface area contributed by atoms with Gasteiger partial charge in [0.1, 0.15) is 13.6 Å². The Balaban J connectivity index is 1.49. The van der Waals surface area contributed by atoms with Crippen LogP contribution in [0, 0.1) is 10.1 Å². The lowest BCUT2D eigenvalue weighted by molar-refractivity contribution is -0.385. The maximum atomic E-state index is 11.6. The van der Waals surface area contributed by atoms with Crippen molar-refractivity contribution in [2.45, 2.75) is 6.42 Å². The molecule has 1 saturated heterocycles. The fourth-order valence-electron chi connectivity index (χ4n) is 3.56. The number of para-hydroxylation sites is 1. The van der Waals surface area contributed by atoms with E-state index in [2.05, 4.69) is 20.4 Å². The molecule has 172 valence electrons. The summed E-state index contributed by atoms with van der Waals surface area (Å²) in [5, 5.41) is 26.8. The fourth-order valence-corrected chi connectivity index (χ4v) is 4.22. The second-order valence-electron chi connectivity index (χ2n) is 7.45. The number of nitrogens with one attached hydrogen (secondary N) is 1. The van der Waals surface area contributed by atoms with Crippen molar-refractivity contribution in [2.75, 3.05) is 36.6 Å². The lowest BCUT2D eigenvalue weighted by atomic mass is 9.90. The molecule has 2 heterocycles. The predicted molar refractivity (Wildman–Crippen MR) is 131 cm³/mol. The molecule has 10 nitrogen and oxygen atoms in total. The molecule has 1 aliphatic rings. The summed E-state index contributed by atoms with van der Waals surface area (Å²) in [5.41, 5.74) is 5.55. The third-order valence-electron chi connectivity index (χ3n) is 5.26. The van der Waals surface area contributed by atoms with Crippen LogP contribution in [0.3, 0.4) is 0 Å². The molecule has 0 spiro atoms. The maximum Gasteiger partial charge on any atom is 0.352 e. The standard InChI is InChI=1S/C22H20BN5O5S/c23-16-11-14(5-6-20(16)27-7-9-33-10-8-27)18-13-34-22(24-18)26-25-17(21(29)30)12-15-3-1-2-4-19(15)28(31)32/h1-6,11,13H,7-10,12H2,(H,24,26)(H,29,30)/b25-17-. The van der Waals surface area contributed by atoms with E-state index >= 15 is 0 Å². The minimum atomic E-state index is -1.28. The highest BCUT2D eigenvalue weighted by molar-refractivity contribution is 7.14. The smallest absolute Gasteiger partial charge is 0.352 e. The van der Waals surface area contributed by atoms with Gasteiger partial charge < -0.3 is 14.7 Å². The van der Waals surface area contributed by atoms with Gasteiger partial charge in [0, 0.05) is 47.8 Å². The normalized spacial score (nSPS) is 14.1. The average Bonchev–Trinajstić information content (AvgIpc) is 3.31. The number of aliphatic carboxylic acids is 1. The molecule has 2 aromatic carbocycles. The van der Waals surface area contributed by atoms with Gasteiger partial charge in [0.05, 0.1) is 23.8 Å². The highest BCUT2D eigenvalue weighted by Gasteiger charge is 2.19. The largest absolute Gasteiger partial charge is 0.477 e. The van der Waals surface area contributed by atoms with Crippen LogP contribution in [0.25, 0.3) is 11.3 Å². The summed E-state index contributed by atoms with van der Waals surface area (Å²) in [6.45, 7) is 2.90. The summed E-state index contributed by atoms with van der Waals surface area (Å²) in [6.07, 6.45) is -0.211. The third kappa shape index (κ3) is 5.41. The van der Waals surface area contributed by atoms with Crippen LogP contribution in [-0.2, 0) is 16.0 Å². The second kappa shape index (κ2) is 10.4. The van der Waals surface area contributed by atoms with E-state index in [1.54, 1.807) is 6.07 Å². The van der Waals surface area contributed by atoms with Crippen LogP contribution in [-0.4, -0.2) is 60.8 Å². The number of carbonyl (C=O) groups is 1. The molecule has 12 heteroatoms. The van der Waals surface area contributed by atoms with E-state index in [1.807, 2.05) is 23.6 Å². The zero-order valence-electron chi connectivity index (χ0n) is 18.0. The minimum Gasteiger partial charge on any atom is -0.477 e. The van der Waals surface area contributed by atoms with Crippen LogP contribution >= 0.6 is 11.3 Å². The van der Waals surface area contributed by atoms with Gasteiger partial charge in [-0.2, -0.15) is 5.10 Å². The minimum absolute atomic E-state index is 0.161. The predicted octanol–water partition coefficient (Wildman–Crippen LogP) is 2.44. The first-order valence-electron chi connectivity index (χ1n) is 10.4. The molecular weight excluding hydrogens is 457 g/mol. The molecule has 1 fully saturated rings. The number of rotatable bonds is 8. The number of ether oxygens (including phenoxy) is 1. The first-order valence-corrected chi connectivity index (χ1v) is 11.3. The first kappa shape index (κ1) is 23.4. The monoisotopic (exact) mass is 477 g/mol. The molecule has 1 aliphatic heterocycles. The number of nitro benzene ring substituents is 1.